The maximum Gasteiger partial charge on any atom is 0.246 e. The standard InChI is InChI=1S/C15H20ClN3O2/c1-9(2)12-13(20)19(15(3,4)14(21)18-12)8-10-5-6-17-7-11(10)16/h5-7,9,12H,8H2,1-4H3,(H,18,21). The minimum Gasteiger partial charge on any atom is -0.342 e. The van der Waals surface area contributed by atoms with Crippen LogP contribution in [0.2, 0.25) is 5.02 Å². The number of nitrogens with zero attached hydrogens (tertiary/aromatic N) is 2. The van der Waals surface area contributed by atoms with Gasteiger partial charge in [0.2, 0.25) is 11.8 Å². The molecule has 1 atom stereocenters. The van der Waals surface area contributed by atoms with E-state index in [1.54, 1.807) is 31.0 Å². The summed E-state index contributed by atoms with van der Waals surface area (Å²) in [5.74, 6) is -0.193. The maximum atomic E-state index is 12.7. The van der Waals surface area contributed by atoms with Gasteiger partial charge in [-0.25, -0.2) is 0 Å². The molecule has 114 valence electrons. The third-order valence-electron chi connectivity index (χ3n) is 3.90. The van der Waals surface area contributed by atoms with Crippen LogP contribution in [0.1, 0.15) is 33.3 Å². The average molecular weight is 310 g/mol. The average Bonchev–Trinajstić information content (AvgIpc) is 2.40. The molecule has 0 spiro atoms. The smallest absolute Gasteiger partial charge is 0.246 e. The highest BCUT2D eigenvalue weighted by Crippen LogP contribution is 2.27. The molecule has 6 heteroatoms. The van der Waals surface area contributed by atoms with Crippen LogP contribution in [-0.4, -0.2) is 33.3 Å². The number of halogens is 1. The highest BCUT2D eigenvalue weighted by Gasteiger charge is 2.47. The summed E-state index contributed by atoms with van der Waals surface area (Å²) in [6.07, 6.45) is 3.17. The second-order valence-electron chi connectivity index (χ2n) is 6.15. The Bertz CT molecular complexity index is 572. The first-order valence-corrected chi connectivity index (χ1v) is 7.33. The van der Waals surface area contributed by atoms with Crippen LogP contribution in [0.5, 0.6) is 0 Å². The van der Waals surface area contributed by atoms with Gasteiger partial charge in [-0.3, -0.25) is 14.6 Å². The Morgan fingerprint density at radius 3 is 2.67 bits per heavy atom. The van der Waals surface area contributed by atoms with E-state index in [2.05, 4.69) is 10.3 Å². The Labute approximate surface area is 129 Å². The molecule has 0 aliphatic carbocycles. The molecule has 2 heterocycles. The summed E-state index contributed by atoms with van der Waals surface area (Å²) in [4.78, 5) is 30.5. The summed E-state index contributed by atoms with van der Waals surface area (Å²) < 4.78 is 0. The normalized spacial score (nSPS) is 21.6. The largest absolute Gasteiger partial charge is 0.342 e. The van der Waals surface area contributed by atoms with E-state index in [4.69, 9.17) is 11.6 Å². The van der Waals surface area contributed by atoms with E-state index in [1.165, 1.54) is 6.20 Å². The van der Waals surface area contributed by atoms with E-state index >= 15 is 0 Å². The van der Waals surface area contributed by atoms with Gasteiger partial charge in [0.05, 0.1) is 5.02 Å². The first kappa shape index (κ1) is 15.8. The van der Waals surface area contributed by atoms with Crippen molar-refractivity contribution in [3.05, 3.63) is 29.0 Å². The van der Waals surface area contributed by atoms with Crippen molar-refractivity contribution in [2.45, 2.75) is 45.8 Å². The molecule has 1 unspecified atom stereocenters. The zero-order chi connectivity index (χ0) is 15.8. The summed E-state index contributed by atoms with van der Waals surface area (Å²) in [5, 5.41) is 3.30. The van der Waals surface area contributed by atoms with Crippen LogP contribution in [0, 0.1) is 5.92 Å². The summed E-state index contributed by atoms with van der Waals surface area (Å²) in [6.45, 7) is 7.61. The molecule has 0 aromatic carbocycles. The third kappa shape index (κ3) is 2.88. The molecule has 21 heavy (non-hydrogen) atoms. The van der Waals surface area contributed by atoms with Crippen LogP contribution in [0.15, 0.2) is 18.5 Å². The number of carbonyl (C=O) groups is 2. The van der Waals surface area contributed by atoms with Crippen molar-refractivity contribution in [1.29, 1.82) is 0 Å². The number of hydrogen-bond acceptors (Lipinski definition) is 3. The van der Waals surface area contributed by atoms with Gasteiger partial charge in [0.25, 0.3) is 0 Å². The Hall–Kier alpha value is -1.62. The van der Waals surface area contributed by atoms with E-state index in [1.807, 2.05) is 13.8 Å². The van der Waals surface area contributed by atoms with Crippen molar-refractivity contribution in [2.75, 3.05) is 0 Å². The Kier molecular flexibility index (Phi) is 4.23. The van der Waals surface area contributed by atoms with Crippen molar-refractivity contribution >= 4 is 23.4 Å². The Morgan fingerprint density at radius 2 is 2.10 bits per heavy atom. The van der Waals surface area contributed by atoms with E-state index in [-0.39, 0.29) is 17.7 Å². The van der Waals surface area contributed by atoms with Crippen LogP contribution in [-0.2, 0) is 16.1 Å². The quantitative estimate of drug-likeness (QED) is 0.929. The fourth-order valence-corrected chi connectivity index (χ4v) is 2.55. The number of nitrogens with one attached hydrogen (secondary N) is 1. The van der Waals surface area contributed by atoms with Gasteiger partial charge in [0.15, 0.2) is 0 Å². The molecule has 1 fully saturated rings. The molecule has 1 aliphatic heterocycles. The summed E-state index contributed by atoms with van der Waals surface area (Å²) in [7, 11) is 0. The molecular weight excluding hydrogens is 290 g/mol. The SMILES string of the molecule is CC(C)C1NC(=O)C(C)(C)N(Cc2ccncc2Cl)C1=O. The second-order valence-corrected chi connectivity index (χ2v) is 6.55. The summed E-state index contributed by atoms with van der Waals surface area (Å²) in [5.41, 5.74) is -0.125. The summed E-state index contributed by atoms with van der Waals surface area (Å²) in [6, 6.07) is 1.27. The monoisotopic (exact) mass is 309 g/mol. The molecule has 1 aromatic heterocycles. The van der Waals surface area contributed by atoms with Crippen LogP contribution >= 0.6 is 11.6 Å². The lowest BCUT2D eigenvalue weighted by Crippen LogP contribution is -2.69. The Morgan fingerprint density at radius 1 is 1.43 bits per heavy atom. The molecule has 1 saturated heterocycles. The van der Waals surface area contributed by atoms with E-state index in [0.29, 0.717) is 11.6 Å². The van der Waals surface area contributed by atoms with Gasteiger partial charge in [0.1, 0.15) is 11.6 Å². The molecule has 2 amide bonds. The van der Waals surface area contributed by atoms with Crippen molar-refractivity contribution in [3.63, 3.8) is 0 Å². The first-order chi connectivity index (χ1) is 9.75. The molecule has 1 aliphatic rings. The topological polar surface area (TPSA) is 62.3 Å². The molecule has 0 saturated carbocycles. The lowest BCUT2D eigenvalue weighted by atomic mass is 9.91. The predicted molar refractivity (Wildman–Crippen MR) is 80.6 cm³/mol. The third-order valence-corrected chi connectivity index (χ3v) is 4.24. The van der Waals surface area contributed by atoms with E-state index in [0.717, 1.165) is 5.56 Å². The highest BCUT2D eigenvalue weighted by molar-refractivity contribution is 6.31. The fraction of sp³-hybridized carbons (Fsp3) is 0.533. The first-order valence-electron chi connectivity index (χ1n) is 6.96. The molecule has 0 radical (unpaired) electrons. The van der Waals surface area contributed by atoms with Gasteiger partial charge in [-0.2, -0.15) is 0 Å². The number of rotatable bonds is 3. The van der Waals surface area contributed by atoms with Crippen molar-refractivity contribution in [2.24, 2.45) is 5.92 Å². The van der Waals surface area contributed by atoms with Crippen molar-refractivity contribution in [3.8, 4) is 0 Å². The van der Waals surface area contributed by atoms with E-state index in [9.17, 15) is 9.59 Å². The van der Waals surface area contributed by atoms with Crippen LogP contribution in [0.3, 0.4) is 0 Å². The molecule has 2 rings (SSSR count). The van der Waals surface area contributed by atoms with Crippen LogP contribution in [0.25, 0.3) is 0 Å². The Balaban J connectivity index is 2.35. The van der Waals surface area contributed by atoms with Gasteiger partial charge in [-0.05, 0) is 31.4 Å². The zero-order valence-corrected chi connectivity index (χ0v) is 13.4. The molecule has 1 N–H and O–H groups in total. The minimum atomic E-state index is -0.908. The molecule has 5 nitrogen and oxygen atoms in total. The molecular formula is C15H20ClN3O2. The van der Waals surface area contributed by atoms with Gasteiger partial charge in [-0.1, -0.05) is 25.4 Å². The highest BCUT2D eigenvalue weighted by atomic mass is 35.5. The lowest BCUT2D eigenvalue weighted by molar-refractivity contribution is -0.157. The number of aromatic nitrogens is 1. The zero-order valence-electron chi connectivity index (χ0n) is 12.7. The predicted octanol–water partition coefficient (Wildman–Crippen LogP) is 2.00. The number of piperazine rings is 1. The number of amides is 2. The van der Waals surface area contributed by atoms with Crippen molar-refractivity contribution < 1.29 is 9.59 Å². The molecule has 0 bridgehead atoms. The lowest BCUT2D eigenvalue weighted by Gasteiger charge is -2.45. The maximum absolute atomic E-state index is 12.7. The van der Waals surface area contributed by atoms with Crippen molar-refractivity contribution in [1.82, 2.24) is 15.2 Å². The summed E-state index contributed by atoms with van der Waals surface area (Å²) >= 11 is 6.12. The number of carbonyl (C=O) groups excluding carboxylic acids is 2. The fourth-order valence-electron chi connectivity index (χ4n) is 2.38. The van der Waals surface area contributed by atoms with Gasteiger partial charge in [0, 0.05) is 18.9 Å². The number of pyridine rings is 1. The minimum absolute atomic E-state index is 0.0351. The van der Waals surface area contributed by atoms with Gasteiger partial charge in [-0.15, -0.1) is 0 Å². The number of hydrogen-bond donors (Lipinski definition) is 1. The molecule has 1 aromatic rings. The van der Waals surface area contributed by atoms with Gasteiger partial charge >= 0.3 is 0 Å². The second kappa shape index (κ2) is 5.64. The van der Waals surface area contributed by atoms with Gasteiger partial charge < -0.3 is 10.2 Å². The van der Waals surface area contributed by atoms with Crippen LogP contribution < -0.4 is 5.32 Å². The van der Waals surface area contributed by atoms with E-state index < -0.39 is 11.6 Å². The van der Waals surface area contributed by atoms with Crippen LogP contribution in [0.4, 0.5) is 0 Å².